The Bertz CT molecular complexity index is 907. The Hall–Kier alpha value is -2.19. The number of rotatable bonds is 8. The molecule has 29 heavy (non-hydrogen) atoms. The van der Waals surface area contributed by atoms with Crippen molar-refractivity contribution in [3.63, 3.8) is 0 Å². The van der Waals surface area contributed by atoms with E-state index in [1.54, 1.807) is 6.08 Å². The van der Waals surface area contributed by atoms with E-state index in [1.807, 2.05) is 61.5 Å². The fourth-order valence-corrected chi connectivity index (χ4v) is 4.40. The number of aliphatic hydroxyl groups excluding tert-OH is 1. The first-order valence-electron chi connectivity index (χ1n) is 9.75. The molecule has 1 heterocycles. The number of nitrogens with zero attached hydrogens (tertiary/aromatic N) is 2. The third-order valence-electron chi connectivity index (χ3n) is 4.82. The van der Waals surface area contributed by atoms with Crippen LogP contribution in [0.25, 0.3) is 6.08 Å². The van der Waals surface area contributed by atoms with Crippen LogP contribution < -0.4 is 4.74 Å². The van der Waals surface area contributed by atoms with Crippen LogP contribution in [0.15, 0.2) is 60.0 Å². The summed E-state index contributed by atoms with van der Waals surface area (Å²) in [5.41, 5.74) is 1.96. The van der Waals surface area contributed by atoms with E-state index in [0.29, 0.717) is 32.7 Å². The zero-order valence-corrected chi connectivity index (χ0v) is 17.5. The van der Waals surface area contributed by atoms with Gasteiger partial charge in [0.2, 0.25) is 10.0 Å². The highest BCUT2D eigenvalue weighted by atomic mass is 32.2. The lowest BCUT2D eigenvalue weighted by molar-refractivity contribution is 0.0570. The van der Waals surface area contributed by atoms with Crippen molar-refractivity contribution < 1.29 is 18.3 Å². The zero-order valence-electron chi connectivity index (χ0n) is 16.6. The summed E-state index contributed by atoms with van der Waals surface area (Å²) in [6, 6.07) is 17.1. The van der Waals surface area contributed by atoms with Crippen molar-refractivity contribution in [1.82, 2.24) is 9.21 Å². The summed E-state index contributed by atoms with van der Waals surface area (Å²) in [5, 5.41) is 11.5. The maximum Gasteiger partial charge on any atom is 0.236 e. The first-order chi connectivity index (χ1) is 13.9. The quantitative estimate of drug-likeness (QED) is 0.715. The molecule has 0 bridgehead atoms. The van der Waals surface area contributed by atoms with Gasteiger partial charge < -0.3 is 9.84 Å². The number of β-amino-alcohol motifs (C(OH)–C–C–N with tert-alkyl or cyclic N) is 1. The van der Waals surface area contributed by atoms with E-state index in [0.717, 1.165) is 16.9 Å². The highest BCUT2D eigenvalue weighted by Gasteiger charge is 2.26. The van der Waals surface area contributed by atoms with Crippen LogP contribution in [0.3, 0.4) is 0 Å². The highest BCUT2D eigenvalue weighted by Crippen LogP contribution is 2.14. The number of hydrogen-bond acceptors (Lipinski definition) is 5. The van der Waals surface area contributed by atoms with Gasteiger partial charge in [-0.25, -0.2) is 8.42 Å². The van der Waals surface area contributed by atoms with Crippen LogP contribution >= 0.6 is 0 Å². The largest absolute Gasteiger partial charge is 0.491 e. The number of aliphatic hydroxyl groups is 1. The van der Waals surface area contributed by atoms with Gasteiger partial charge in [-0.05, 0) is 36.3 Å². The van der Waals surface area contributed by atoms with Gasteiger partial charge in [-0.2, -0.15) is 4.31 Å². The third kappa shape index (κ3) is 6.68. The molecule has 7 heteroatoms. The van der Waals surface area contributed by atoms with Crippen LogP contribution in [0, 0.1) is 6.92 Å². The van der Waals surface area contributed by atoms with Gasteiger partial charge in [0.25, 0.3) is 0 Å². The van der Waals surface area contributed by atoms with Crippen molar-refractivity contribution in [3.8, 4) is 5.75 Å². The second-order valence-electron chi connectivity index (χ2n) is 7.24. The van der Waals surface area contributed by atoms with E-state index in [2.05, 4.69) is 4.90 Å². The first-order valence-corrected chi connectivity index (χ1v) is 11.3. The van der Waals surface area contributed by atoms with Crippen molar-refractivity contribution >= 4 is 16.1 Å². The number of sulfonamides is 1. The van der Waals surface area contributed by atoms with E-state index in [-0.39, 0.29) is 6.61 Å². The van der Waals surface area contributed by atoms with Crippen LogP contribution in [0.4, 0.5) is 0 Å². The highest BCUT2D eigenvalue weighted by molar-refractivity contribution is 7.92. The normalized spacial score (nSPS) is 17.4. The van der Waals surface area contributed by atoms with Gasteiger partial charge in [0.15, 0.2) is 0 Å². The van der Waals surface area contributed by atoms with Crippen LogP contribution in [-0.2, 0) is 10.0 Å². The molecule has 6 nitrogen and oxygen atoms in total. The Morgan fingerprint density at radius 1 is 1.07 bits per heavy atom. The van der Waals surface area contributed by atoms with Crippen LogP contribution in [0.5, 0.6) is 5.75 Å². The molecule has 0 radical (unpaired) electrons. The predicted octanol–water partition coefficient (Wildman–Crippen LogP) is 2.35. The maximum absolute atomic E-state index is 12.5. The number of benzene rings is 2. The van der Waals surface area contributed by atoms with Crippen LogP contribution in [0.2, 0.25) is 0 Å². The number of ether oxygens (including phenoxy) is 1. The fourth-order valence-electron chi connectivity index (χ4n) is 3.23. The molecule has 0 aliphatic carbocycles. The smallest absolute Gasteiger partial charge is 0.236 e. The standard InChI is InChI=1S/C22H28N2O4S/c1-19-6-5-9-22(16-19)28-18-21(25)17-23-11-13-24(14-12-23)29(26,27)15-10-20-7-3-2-4-8-20/h2-10,15-16,21,25H,11-14,17-18H2,1H3/b15-10+. The average molecular weight is 417 g/mol. The molecule has 156 valence electrons. The van der Waals surface area contributed by atoms with Crippen molar-refractivity contribution in [3.05, 3.63) is 71.1 Å². The van der Waals surface area contributed by atoms with Gasteiger partial charge in [0.05, 0.1) is 0 Å². The molecule has 0 spiro atoms. The van der Waals surface area contributed by atoms with E-state index in [1.165, 1.54) is 9.71 Å². The molecule has 1 aliphatic rings. The maximum atomic E-state index is 12.5. The lowest BCUT2D eigenvalue weighted by atomic mass is 10.2. The van der Waals surface area contributed by atoms with Gasteiger partial charge in [-0.1, -0.05) is 42.5 Å². The Kier molecular flexibility index (Phi) is 7.44. The summed E-state index contributed by atoms with van der Waals surface area (Å²) in [7, 11) is -3.44. The molecule has 1 unspecified atom stereocenters. The zero-order chi connectivity index (χ0) is 20.7. The molecule has 0 amide bonds. The van der Waals surface area contributed by atoms with E-state index < -0.39 is 16.1 Å². The Morgan fingerprint density at radius 3 is 2.48 bits per heavy atom. The second kappa shape index (κ2) is 10.0. The lowest BCUT2D eigenvalue weighted by Gasteiger charge is -2.34. The van der Waals surface area contributed by atoms with Crippen molar-refractivity contribution in [2.24, 2.45) is 0 Å². The minimum Gasteiger partial charge on any atom is -0.491 e. The molecule has 1 N–H and O–H groups in total. The van der Waals surface area contributed by atoms with Gasteiger partial charge in [0, 0.05) is 38.1 Å². The molecule has 1 saturated heterocycles. The van der Waals surface area contributed by atoms with E-state index in [9.17, 15) is 13.5 Å². The summed E-state index contributed by atoms with van der Waals surface area (Å²) >= 11 is 0. The summed E-state index contributed by atoms with van der Waals surface area (Å²) in [5.74, 6) is 0.741. The SMILES string of the molecule is Cc1cccc(OCC(O)CN2CCN(S(=O)(=O)/C=C/c3ccccc3)CC2)c1. The summed E-state index contributed by atoms with van der Waals surface area (Å²) in [4.78, 5) is 2.07. The molecular weight excluding hydrogens is 388 g/mol. The molecule has 0 saturated carbocycles. The molecular formula is C22H28N2O4S. The number of piperazine rings is 1. The van der Waals surface area contributed by atoms with Crippen LogP contribution in [0.1, 0.15) is 11.1 Å². The second-order valence-corrected chi connectivity index (χ2v) is 9.06. The Balaban J connectivity index is 1.44. The fraction of sp³-hybridized carbons (Fsp3) is 0.364. The van der Waals surface area contributed by atoms with E-state index in [4.69, 9.17) is 4.74 Å². The molecule has 0 aromatic heterocycles. The summed E-state index contributed by atoms with van der Waals surface area (Å²) < 4.78 is 32.2. The molecule has 3 rings (SSSR count). The van der Waals surface area contributed by atoms with Crippen molar-refractivity contribution in [2.75, 3.05) is 39.3 Å². The number of aryl methyl sites for hydroxylation is 1. The van der Waals surface area contributed by atoms with Gasteiger partial charge in [-0.15, -0.1) is 0 Å². The Labute approximate surface area is 173 Å². The third-order valence-corrected chi connectivity index (χ3v) is 6.39. The lowest BCUT2D eigenvalue weighted by Crippen LogP contribution is -2.50. The van der Waals surface area contributed by atoms with Crippen molar-refractivity contribution in [1.29, 1.82) is 0 Å². The molecule has 1 aliphatic heterocycles. The Morgan fingerprint density at radius 2 is 1.79 bits per heavy atom. The molecule has 1 atom stereocenters. The van der Waals surface area contributed by atoms with Crippen molar-refractivity contribution in [2.45, 2.75) is 13.0 Å². The monoisotopic (exact) mass is 416 g/mol. The van der Waals surface area contributed by atoms with Gasteiger partial charge in [0.1, 0.15) is 18.5 Å². The summed E-state index contributed by atoms with van der Waals surface area (Å²) in [6.45, 7) is 4.65. The number of hydrogen-bond donors (Lipinski definition) is 1. The van der Waals surface area contributed by atoms with Crippen LogP contribution in [-0.4, -0.2) is 68.2 Å². The minimum atomic E-state index is -3.44. The first kappa shape index (κ1) is 21.5. The molecule has 1 fully saturated rings. The molecule has 2 aromatic rings. The predicted molar refractivity (Wildman–Crippen MR) is 115 cm³/mol. The van der Waals surface area contributed by atoms with Gasteiger partial charge >= 0.3 is 0 Å². The minimum absolute atomic E-state index is 0.210. The summed E-state index contributed by atoms with van der Waals surface area (Å²) in [6.07, 6.45) is 0.991. The molecule has 2 aromatic carbocycles. The topological polar surface area (TPSA) is 70.1 Å². The average Bonchev–Trinajstić information content (AvgIpc) is 2.72. The van der Waals surface area contributed by atoms with Gasteiger partial charge in [-0.3, -0.25) is 4.90 Å². The van der Waals surface area contributed by atoms with E-state index >= 15 is 0 Å².